The SMILES string of the molecule is CN(Cc1ccc(F)c(F)c1)S(=O)(=O)c1cc(Br)ccc1F. The summed E-state index contributed by atoms with van der Waals surface area (Å²) in [6.07, 6.45) is 0. The summed E-state index contributed by atoms with van der Waals surface area (Å²) in [5.74, 6) is -2.98. The van der Waals surface area contributed by atoms with Crippen LogP contribution in [0.3, 0.4) is 0 Å². The lowest BCUT2D eigenvalue weighted by molar-refractivity contribution is 0.456. The van der Waals surface area contributed by atoms with Gasteiger partial charge in [0, 0.05) is 18.1 Å². The third kappa shape index (κ3) is 3.50. The Morgan fingerprint density at radius 2 is 1.64 bits per heavy atom. The summed E-state index contributed by atoms with van der Waals surface area (Å²) in [4.78, 5) is -0.494. The van der Waals surface area contributed by atoms with Gasteiger partial charge in [0.05, 0.1) is 0 Å². The molecule has 2 aromatic rings. The van der Waals surface area contributed by atoms with Gasteiger partial charge in [-0.2, -0.15) is 4.31 Å². The molecule has 0 atom stereocenters. The first kappa shape index (κ1) is 17.0. The molecule has 0 bridgehead atoms. The molecule has 0 saturated carbocycles. The van der Waals surface area contributed by atoms with Crippen LogP contribution in [-0.4, -0.2) is 19.8 Å². The van der Waals surface area contributed by atoms with E-state index < -0.39 is 32.4 Å². The van der Waals surface area contributed by atoms with Gasteiger partial charge in [-0.05, 0) is 35.9 Å². The molecule has 2 rings (SSSR count). The average molecular weight is 394 g/mol. The molecule has 0 spiro atoms. The van der Waals surface area contributed by atoms with Crippen LogP contribution in [-0.2, 0) is 16.6 Å². The monoisotopic (exact) mass is 393 g/mol. The van der Waals surface area contributed by atoms with Crippen molar-refractivity contribution in [3.05, 3.63) is 63.9 Å². The van der Waals surface area contributed by atoms with Crippen LogP contribution in [0.2, 0.25) is 0 Å². The van der Waals surface area contributed by atoms with Crippen LogP contribution in [0.1, 0.15) is 5.56 Å². The zero-order valence-corrected chi connectivity index (χ0v) is 13.8. The molecule has 0 N–H and O–H groups in total. The Kier molecular flexibility index (Phi) is 4.93. The standard InChI is InChI=1S/C14H11BrF3NO2S/c1-19(8-9-2-4-11(16)13(18)6-9)22(20,21)14-7-10(15)3-5-12(14)17/h2-7H,8H2,1H3. The summed E-state index contributed by atoms with van der Waals surface area (Å²) in [5.41, 5.74) is 0.250. The third-order valence-electron chi connectivity index (χ3n) is 2.97. The van der Waals surface area contributed by atoms with Crippen LogP contribution < -0.4 is 0 Å². The molecule has 0 aliphatic carbocycles. The van der Waals surface area contributed by atoms with E-state index in [1.165, 1.54) is 19.2 Å². The molecule has 0 radical (unpaired) electrons. The minimum atomic E-state index is -4.10. The number of nitrogens with zero attached hydrogens (tertiary/aromatic N) is 1. The Morgan fingerprint density at radius 1 is 1.00 bits per heavy atom. The Balaban J connectivity index is 2.32. The maximum Gasteiger partial charge on any atom is 0.246 e. The van der Waals surface area contributed by atoms with Crippen molar-refractivity contribution in [2.24, 2.45) is 0 Å². The third-order valence-corrected chi connectivity index (χ3v) is 5.28. The van der Waals surface area contributed by atoms with Gasteiger partial charge in [0.2, 0.25) is 10.0 Å². The number of halogens is 4. The Labute approximate surface area is 134 Å². The van der Waals surface area contributed by atoms with Gasteiger partial charge in [-0.1, -0.05) is 22.0 Å². The lowest BCUT2D eigenvalue weighted by Crippen LogP contribution is -2.27. The second kappa shape index (κ2) is 6.39. The van der Waals surface area contributed by atoms with Crippen molar-refractivity contribution in [3.8, 4) is 0 Å². The number of hydrogen-bond donors (Lipinski definition) is 0. The minimum absolute atomic E-state index is 0.217. The van der Waals surface area contributed by atoms with Gasteiger partial charge >= 0.3 is 0 Å². The maximum atomic E-state index is 13.7. The van der Waals surface area contributed by atoms with E-state index in [-0.39, 0.29) is 12.1 Å². The van der Waals surface area contributed by atoms with Crippen LogP contribution in [0.25, 0.3) is 0 Å². The van der Waals surface area contributed by atoms with E-state index in [1.54, 1.807) is 0 Å². The molecule has 118 valence electrons. The lowest BCUT2D eigenvalue weighted by atomic mass is 10.2. The van der Waals surface area contributed by atoms with E-state index in [0.717, 1.165) is 28.6 Å². The molecule has 8 heteroatoms. The summed E-state index contributed by atoms with van der Waals surface area (Å²) in [6, 6.07) is 6.63. The lowest BCUT2D eigenvalue weighted by Gasteiger charge is -2.18. The van der Waals surface area contributed by atoms with Gasteiger partial charge in [0.25, 0.3) is 0 Å². The first-order chi connectivity index (χ1) is 10.2. The van der Waals surface area contributed by atoms with Gasteiger partial charge in [-0.3, -0.25) is 0 Å². The zero-order chi connectivity index (χ0) is 16.5. The normalized spacial score (nSPS) is 11.9. The van der Waals surface area contributed by atoms with Crippen molar-refractivity contribution in [3.63, 3.8) is 0 Å². The highest BCUT2D eigenvalue weighted by Crippen LogP contribution is 2.24. The van der Waals surface area contributed by atoms with E-state index in [0.29, 0.717) is 4.47 Å². The molecule has 0 aliphatic heterocycles. The van der Waals surface area contributed by atoms with Crippen LogP contribution in [0, 0.1) is 17.5 Å². The second-order valence-corrected chi connectivity index (χ2v) is 7.51. The molecule has 0 heterocycles. The van der Waals surface area contributed by atoms with E-state index in [1.807, 2.05) is 0 Å². The van der Waals surface area contributed by atoms with Gasteiger partial charge in [0.1, 0.15) is 10.7 Å². The second-order valence-electron chi connectivity index (χ2n) is 4.58. The molecule has 0 fully saturated rings. The molecule has 2 aromatic carbocycles. The van der Waals surface area contributed by atoms with E-state index in [9.17, 15) is 21.6 Å². The average Bonchev–Trinajstić information content (AvgIpc) is 2.45. The quantitative estimate of drug-likeness (QED) is 0.794. The van der Waals surface area contributed by atoms with Crippen LogP contribution >= 0.6 is 15.9 Å². The van der Waals surface area contributed by atoms with Crippen molar-refractivity contribution in [2.75, 3.05) is 7.05 Å². The number of rotatable bonds is 4. The van der Waals surface area contributed by atoms with Crippen molar-refractivity contribution in [2.45, 2.75) is 11.4 Å². The zero-order valence-electron chi connectivity index (χ0n) is 11.4. The summed E-state index contributed by atoms with van der Waals surface area (Å²) < 4.78 is 65.8. The fourth-order valence-corrected chi connectivity index (χ4v) is 3.58. The fourth-order valence-electron chi connectivity index (χ4n) is 1.82. The van der Waals surface area contributed by atoms with Crippen LogP contribution in [0.5, 0.6) is 0 Å². The predicted octanol–water partition coefficient (Wildman–Crippen LogP) is 3.69. The molecule has 0 aromatic heterocycles. The van der Waals surface area contributed by atoms with E-state index in [4.69, 9.17) is 0 Å². The largest absolute Gasteiger partial charge is 0.246 e. The topological polar surface area (TPSA) is 37.4 Å². The van der Waals surface area contributed by atoms with Gasteiger partial charge in [-0.25, -0.2) is 21.6 Å². The molecular formula is C14H11BrF3NO2S. The maximum absolute atomic E-state index is 13.7. The Hall–Kier alpha value is -1.38. The highest BCUT2D eigenvalue weighted by Gasteiger charge is 2.25. The van der Waals surface area contributed by atoms with E-state index in [2.05, 4.69) is 15.9 Å². The first-order valence-corrected chi connectivity index (χ1v) is 8.30. The fraction of sp³-hybridized carbons (Fsp3) is 0.143. The first-order valence-electron chi connectivity index (χ1n) is 6.07. The molecule has 3 nitrogen and oxygen atoms in total. The van der Waals surface area contributed by atoms with E-state index >= 15 is 0 Å². The van der Waals surface area contributed by atoms with Gasteiger partial charge < -0.3 is 0 Å². The molecule has 0 unspecified atom stereocenters. The summed E-state index contributed by atoms with van der Waals surface area (Å²) in [6.45, 7) is -0.217. The van der Waals surface area contributed by atoms with Crippen molar-refractivity contribution in [1.82, 2.24) is 4.31 Å². The minimum Gasteiger partial charge on any atom is -0.207 e. The molecule has 0 saturated heterocycles. The highest BCUT2D eigenvalue weighted by molar-refractivity contribution is 9.10. The van der Waals surface area contributed by atoms with Crippen molar-refractivity contribution >= 4 is 26.0 Å². The van der Waals surface area contributed by atoms with Crippen molar-refractivity contribution < 1.29 is 21.6 Å². The highest BCUT2D eigenvalue weighted by atomic mass is 79.9. The van der Waals surface area contributed by atoms with Gasteiger partial charge in [-0.15, -0.1) is 0 Å². The molecule has 0 aliphatic rings. The molecule has 22 heavy (non-hydrogen) atoms. The summed E-state index contributed by atoms with van der Waals surface area (Å²) in [7, 11) is -2.87. The Morgan fingerprint density at radius 3 is 2.27 bits per heavy atom. The number of benzene rings is 2. The van der Waals surface area contributed by atoms with Crippen molar-refractivity contribution in [1.29, 1.82) is 0 Å². The van der Waals surface area contributed by atoms with Crippen LogP contribution in [0.15, 0.2) is 45.8 Å². The molecule has 0 amide bonds. The Bertz CT molecular complexity index is 812. The summed E-state index contributed by atoms with van der Waals surface area (Å²) in [5, 5.41) is 0. The molecular weight excluding hydrogens is 383 g/mol. The predicted molar refractivity (Wildman–Crippen MR) is 79.1 cm³/mol. The number of hydrogen-bond acceptors (Lipinski definition) is 2. The smallest absolute Gasteiger partial charge is 0.207 e. The van der Waals surface area contributed by atoms with Gasteiger partial charge in [0.15, 0.2) is 11.6 Å². The number of sulfonamides is 1. The van der Waals surface area contributed by atoms with Crippen LogP contribution in [0.4, 0.5) is 13.2 Å². The summed E-state index contributed by atoms with van der Waals surface area (Å²) >= 11 is 3.08.